The third-order valence-electron chi connectivity index (χ3n) is 1.84. The number of nitrogens with two attached hydrogens (primary N) is 1. The van der Waals surface area contributed by atoms with Crippen LogP contribution in [0.15, 0.2) is 24.4 Å². The van der Waals surface area contributed by atoms with Crippen LogP contribution in [0.4, 0.5) is 5.00 Å². The fraction of sp³-hybridized carbons (Fsp3) is 0.100. The van der Waals surface area contributed by atoms with Crippen molar-refractivity contribution in [2.24, 2.45) is 0 Å². The van der Waals surface area contributed by atoms with Crippen molar-refractivity contribution in [2.75, 3.05) is 5.73 Å². The minimum absolute atomic E-state index is 0.536. The van der Waals surface area contributed by atoms with Crippen LogP contribution in [0.2, 0.25) is 5.02 Å². The third-order valence-corrected chi connectivity index (χ3v) is 2.97. The van der Waals surface area contributed by atoms with Crippen LogP contribution in [0.1, 0.15) is 5.56 Å². The highest BCUT2D eigenvalue weighted by Crippen LogP contribution is 2.29. The maximum atomic E-state index is 5.90. The van der Waals surface area contributed by atoms with E-state index in [1.807, 2.05) is 13.0 Å². The minimum Gasteiger partial charge on any atom is -0.431 e. The molecule has 0 saturated heterocycles. The number of benzene rings is 1. The second-order valence-corrected chi connectivity index (χ2v) is 4.47. The summed E-state index contributed by atoms with van der Waals surface area (Å²) < 4.78 is 5.50. The van der Waals surface area contributed by atoms with Crippen molar-refractivity contribution in [3.63, 3.8) is 0 Å². The molecule has 1 aromatic heterocycles. The molecule has 1 heterocycles. The van der Waals surface area contributed by atoms with Crippen LogP contribution in [0, 0.1) is 6.92 Å². The van der Waals surface area contributed by atoms with Crippen LogP contribution >= 0.6 is 22.9 Å². The van der Waals surface area contributed by atoms with Gasteiger partial charge in [0.15, 0.2) is 0 Å². The van der Waals surface area contributed by atoms with Gasteiger partial charge in [-0.25, -0.2) is 4.98 Å². The number of halogens is 1. The van der Waals surface area contributed by atoms with E-state index in [9.17, 15) is 0 Å². The molecule has 0 amide bonds. The van der Waals surface area contributed by atoms with Gasteiger partial charge in [0.05, 0.1) is 6.20 Å². The molecule has 0 fully saturated rings. The summed E-state index contributed by atoms with van der Waals surface area (Å²) in [5.41, 5.74) is 6.51. The third kappa shape index (κ3) is 2.40. The lowest BCUT2D eigenvalue weighted by molar-refractivity contribution is 0.478. The summed E-state index contributed by atoms with van der Waals surface area (Å²) in [7, 11) is 0. The van der Waals surface area contributed by atoms with Crippen LogP contribution < -0.4 is 10.5 Å². The summed E-state index contributed by atoms with van der Waals surface area (Å²) in [5.74, 6) is 0.714. The fourth-order valence-corrected chi connectivity index (χ4v) is 1.77. The van der Waals surface area contributed by atoms with E-state index in [0.717, 1.165) is 10.6 Å². The van der Waals surface area contributed by atoms with E-state index in [0.29, 0.717) is 15.9 Å². The van der Waals surface area contributed by atoms with Gasteiger partial charge in [-0.2, -0.15) is 0 Å². The molecule has 78 valence electrons. The van der Waals surface area contributed by atoms with Gasteiger partial charge in [-0.1, -0.05) is 22.9 Å². The van der Waals surface area contributed by atoms with Crippen LogP contribution in [-0.2, 0) is 0 Å². The van der Waals surface area contributed by atoms with Crippen molar-refractivity contribution >= 4 is 27.9 Å². The number of aromatic nitrogens is 1. The van der Waals surface area contributed by atoms with Crippen LogP contribution in [0.5, 0.6) is 10.9 Å². The molecule has 0 radical (unpaired) electrons. The van der Waals surface area contributed by atoms with E-state index >= 15 is 0 Å². The Morgan fingerprint density at radius 3 is 2.87 bits per heavy atom. The summed E-state index contributed by atoms with van der Waals surface area (Å²) in [6.07, 6.45) is 1.57. The molecular weight excluding hydrogens is 232 g/mol. The normalized spacial score (nSPS) is 10.3. The Bertz CT molecular complexity index is 484. The summed E-state index contributed by atoms with van der Waals surface area (Å²) in [4.78, 5) is 4.00. The molecule has 0 bridgehead atoms. The molecule has 0 unspecified atom stereocenters. The summed E-state index contributed by atoms with van der Waals surface area (Å²) in [6.45, 7) is 1.92. The molecule has 0 aliphatic heterocycles. The first kappa shape index (κ1) is 10.3. The molecule has 2 rings (SSSR count). The quantitative estimate of drug-likeness (QED) is 0.874. The molecule has 2 aromatic rings. The van der Waals surface area contributed by atoms with E-state index in [-0.39, 0.29) is 0 Å². The van der Waals surface area contributed by atoms with Gasteiger partial charge in [-0.15, -0.1) is 0 Å². The first-order valence-corrected chi connectivity index (χ1v) is 5.50. The Balaban J connectivity index is 2.21. The summed E-state index contributed by atoms with van der Waals surface area (Å²) in [5, 5.41) is 1.89. The van der Waals surface area contributed by atoms with Crippen LogP contribution in [0.25, 0.3) is 0 Å². The van der Waals surface area contributed by atoms with E-state index < -0.39 is 0 Å². The summed E-state index contributed by atoms with van der Waals surface area (Å²) >= 11 is 7.20. The molecule has 0 saturated carbocycles. The monoisotopic (exact) mass is 240 g/mol. The molecule has 15 heavy (non-hydrogen) atoms. The molecule has 0 aliphatic rings. The molecule has 2 N–H and O–H groups in total. The number of rotatable bonds is 2. The lowest BCUT2D eigenvalue weighted by Gasteiger charge is -2.03. The van der Waals surface area contributed by atoms with Gasteiger partial charge in [0.25, 0.3) is 5.19 Å². The number of nitrogen functional groups attached to an aromatic ring is 1. The number of ether oxygens (including phenoxy) is 1. The Labute approximate surface area is 96.5 Å². The van der Waals surface area contributed by atoms with Gasteiger partial charge < -0.3 is 10.5 Å². The maximum absolute atomic E-state index is 5.90. The van der Waals surface area contributed by atoms with Crippen molar-refractivity contribution in [3.8, 4) is 10.9 Å². The first-order valence-electron chi connectivity index (χ1n) is 4.30. The standard InChI is InChI=1S/C10H9ClN2OS/c1-6-4-7(2-3-8(6)11)14-10-13-5-9(12)15-10/h2-5H,12H2,1H3. The van der Waals surface area contributed by atoms with Gasteiger partial charge in [0.1, 0.15) is 10.8 Å². The first-order chi connectivity index (χ1) is 7.15. The Kier molecular flexibility index (Phi) is 2.79. The van der Waals surface area contributed by atoms with Crippen molar-refractivity contribution in [3.05, 3.63) is 35.0 Å². The van der Waals surface area contributed by atoms with Gasteiger partial charge in [-0.05, 0) is 30.7 Å². The van der Waals surface area contributed by atoms with Crippen molar-refractivity contribution < 1.29 is 4.74 Å². The second kappa shape index (κ2) is 4.08. The molecule has 5 heteroatoms. The van der Waals surface area contributed by atoms with Crippen molar-refractivity contribution in [1.29, 1.82) is 0 Å². The van der Waals surface area contributed by atoms with E-state index in [2.05, 4.69) is 4.98 Å². The minimum atomic E-state index is 0.536. The number of aryl methyl sites for hydroxylation is 1. The fourth-order valence-electron chi connectivity index (χ4n) is 1.10. The van der Waals surface area contributed by atoms with Gasteiger partial charge in [0, 0.05) is 5.02 Å². The predicted octanol–water partition coefficient (Wildman–Crippen LogP) is 3.48. The van der Waals surface area contributed by atoms with Crippen LogP contribution in [0.3, 0.4) is 0 Å². The van der Waals surface area contributed by atoms with E-state index in [4.69, 9.17) is 22.1 Å². The highest BCUT2D eigenvalue weighted by atomic mass is 35.5. The van der Waals surface area contributed by atoms with Crippen molar-refractivity contribution in [2.45, 2.75) is 6.92 Å². The topological polar surface area (TPSA) is 48.1 Å². The molecule has 0 atom stereocenters. The molecule has 0 aliphatic carbocycles. The lowest BCUT2D eigenvalue weighted by Crippen LogP contribution is -1.84. The number of anilines is 1. The SMILES string of the molecule is Cc1cc(Oc2ncc(N)s2)ccc1Cl. The molecule has 0 spiro atoms. The Morgan fingerprint density at radius 1 is 1.47 bits per heavy atom. The zero-order valence-corrected chi connectivity index (χ0v) is 9.60. The number of hydrogen-bond donors (Lipinski definition) is 1. The second-order valence-electron chi connectivity index (χ2n) is 3.04. The van der Waals surface area contributed by atoms with Gasteiger partial charge in [-0.3, -0.25) is 0 Å². The lowest BCUT2D eigenvalue weighted by atomic mass is 10.2. The zero-order chi connectivity index (χ0) is 10.8. The number of nitrogens with zero attached hydrogens (tertiary/aromatic N) is 1. The zero-order valence-electron chi connectivity index (χ0n) is 8.03. The molecular formula is C10H9ClN2OS. The van der Waals surface area contributed by atoms with E-state index in [1.165, 1.54) is 11.3 Å². The molecule has 1 aromatic carbocycles. The Hall–Kier alpha value is -1.26. The van der Waals surface area contributed by atoms with Crippen LogP contribution in [-0.4, -0.2) is 4.98 Å². The van der Waals surface area contributed by atoms with Gasteiger partial charge >= 0.3 is 0 Å². The number of hydrogen-bond acceptors (Lipinski definition) is 4. The number of thiazole rings is 1. The average Bonchev–Trinajstić information content (AvgIpc) is 2.58. The highest BCUT2D eigenvalue weighted by molar-refractivity contribution is 7.17. The van der Waals surface area contributed by atoms with Crippen molar-refractivity contribution in [1.82, 2.24) is 4.98 Å². The largest absolute Gasteiger partial charge is 0.431 e. The summed E-state index contributed by atoms with van der Waals surface area (Å²) in [6, 6.07) is 5.45. The average molecular weight is 241 g/mol. The maximum Gasteiger partial charge on any atom is 0.280 e. The van der Waals surface area contributed by atoms with E-state index in [1.54, 1.807) is 18.3 Å². The Morgan fingerprint density at radius 2 is 2.27 bits per heavy atom. The van der Waals surface area contributed by atoms with Gasteiger partial charge in [0.2, 0.25) is 0 Å². The smallest absolute Gasteiger partial charge is 0.280 e. The predicted molar refractivity (Wildman–Crippen MR) is 62.8 cm³/mol. The molecule has 3 nitrogen and oxygen atoms in total. The highest BCUT2D eigenvalue weighted by Gasteiger charge is 2.03.